The summed E-state index contributed by atoms with van der Waals surface area (Å²) in [6.45, 7) is 5.09. The van der Waals surface area contributed by atoms with Crippen molar-refractivity contribution < 1.29 is 4.79 Å². The summed E-state index contributed by atoms with van der Waals surface area (Å²) < 4.78 is 3.52. The van der Waals surface area contributed by atoms with Gasteiger partial charge in [0.2, 0.25) is 0 Å². The minimum absolute atomic E-state index is 0.000772. The number of hydrogen-bond acceptors (Lipinski definition) is 4. The molecule has 1 amide bonds. The van der Waals surface area contributed by atoms with Gasteiger partial charge in [0.15, 0.2) is 0 Å². The number of thiocarbonyl (C=S) groups is 1. The quantitative estimate of drug-likeness (QED) is 0.201. The zero-order valence-electron chi connectivity index (χ0n) is 19.4. The summed E-state index contributed by atoms with van der Waals surface area (Å²) in [5, 5.41) is 4.87. The van der Waals surface area contributed by atoms with Gasteiger partial charge in [-0.25, -0.2) is 4.68 Å². The SMILES string of the molecule is CCCCC(CC)CN1C(=O)C(=Cc2cn(-c3ccccc3)nc2-c2ccc(Br)cc2)SC1=S. The highest BCUT2D eigenvalue weighted by molar-refractivity contribution is 9.10. The predicted molar refractivity (Wildman–Crippen MR) is 150 cm³/mol. The molecule has 1 saturated heterocycles. The number of amides is 1. The van der Waals surface area contributed by atoms with Crippen LogP contribution in [0.4, 0.5) is 0 Å². The fourth-order valence-electron chi connectivity index (χ4n) is 4.01. The standard InChI is InChI=1S/C27H28BrN3OS2/c1-3-5-9-19(4-2)17-30-26(32)24(34-27(30)33)16-21-18-31(23-10-7-6-8-11-23)29-25(21)20-12-14-22(28)15-13-20/h6-8,10-16,18-19H,3-5,9,17H2,1-2H3. The van der Waals surface area contributed by atoms with Crippen LogP contribution in [0, 0.1) is 5.92 Å². The highest BCUT2D eigenvalue weighted by atomic mass is 79.9. The molecule has 0 N–H and O–H groups in total. The third kappa shape index (κ3) is 5.70. The number of carbonyl (C=O) groups excluding carboxylic acids is 1. The van der Waals surface area contributed by atoms with Crippen LogP contribution in [0.3, 0.4) is 0 Å². The van der Waals surface area contributed by atoms with Crippen molar-refractivity contribution in [2.45, 2.75) is 39.5 Å². The molecular weight excluding hydrogens is 526 g/mol. The Bertz CT molecular complexity index is 1190. The van der Waals surface area contributed by atoms with E-state index in [2.05, 4.69) is 29.8 Å². The lowest BCUT2D eigenvalue weighted by Gasteiger charge is -2.21. The summed E-state index contributed by atoms with van der Waals surface area (Å²) in [5.74, 6) is 0.472. The third-order valence-electron chi connectivity index (χ3n) is 6.03. The van der Waals surface area contributed by atoms with Crippen LogP contribution in [-0.2, 0) is 4.79 Å². The van der Waals surface area contributed by atoms with E-state index in [1.807, 2.05) is 71.6 Å². The molecule has 0 bridgehead atoms. The number of nitrogens with zero attached hydrogens (tertiary/aromatic N) is 3. The van der Waals surface area contributed by atoms with Crippen molar-refractivity contribution in [2.24, 2.45) is 5.92 Å². The van der Waals surface area contributed by atoms with Crippen LogP contribution < -0.4 is 0 Å². The summed E-state index contributed by atoms with van der Waals surface area (Å²) in [5.41, 5.74) is 3.68. The Balaban J connectivity index is 1.67. The van der Waals surface area contributed by atoms with E-state index in [1.54, 1.807) is 4.90 Å². The van der Waals surface area contributed by atoms with E-state index in [0.717, 1.165) is 39.8 Å². The lowest BCUT2D eigenvalue weighted by atomic mass is 9.99. The largest absolute Gasteiger partial charge is 0.293 e. The normalized spacial score (nSPS) is 16.0. The van der Waals surface area contributed by atoms with Crippen molar-refractivity contribution >= 4 is 56.2 Å². The molecular formula is C27H28BrN3OS2. The smallest absolute Gasteiger partial charge is 0.266 e. The number of hydrogen-bond donors (Lipinski definition) is 0. The van der Waals surface area contributed by atoms with Crippen LogP contribution in [0.1, 0.15) is 45.1 Å². The van der Waals surface area contributed by atoms with Crippen LogP contribution >= 0.6 is 39.9 Å². The van der Waals surface area contributed by atoms with E-state index in [1.165, 1.54) is 24.6 Å². The van der Waals surface area contributed by atoms with Gasteiger partial charge < -0.3 is 0 Å². The molecule has 0 radical (unpaired) electrons. The van der Waals surface area contributed by atoms with Gasteiger partial charge in [0.1, 0.15) is 4.32 Å². The summed E-state index contributed by atoms with van der Waals surface area (Å²) in [6, 6.07) is 18.1. The maximum Gasteiger partial charge on any atom is 0.266 e. The zero-order chi connectivity index (χ0) is 24.1. The molecule has 0 aliphatic carbocycles. The van der Waals surface area contributed by atoms with E-state index >= 15 is 0 Å². The van der Waals surface area contributed by atoms with Crippen molar-refractivity contribution in [2.75, 3.05) is 6.54 Å². The van der Waals surface area contributed by atoms with Crippen molar-refractivity contribution in [3.8, 4) is 16.9 Å². The molecule has 1 aliphatic heterocycles. The van der Waals surface area contributed by atoms with Crippen molar-refractivity contribution in [1.29, 1.82) is 0 Å². The van der Waals surface area contributed by atoms with Gasteiger partial charge in [0, 0.05) is 28.3 Å². The monoisotopic (exact) mass is 553 g/mol. The minimum Gasteiger partial charge on any atom is -0.293 e. The van der Waals surface area contributed by atoms with Gasteiger partial charge in [0.25, 0.3) is 5.91 Å². The molecule has 2 heterocycles. The first-order valence-corrected chi connectivity index (χ1v) is 13.7. The van der Waals surface area contributed by atoms with E-state index in [0.29, 0.717) is 21.7 Å². The molecule has 0 saturated carbocycles. The molecule has 2 aromatic carbocycles. The maximum atomic E-state index is 13.3. The molecule has 7 heteroatoms. The van der Waals surface area contributed by atoms with Crippen LogP contribution in [0.25, 0.3) is 23.0 Å². The van der Waals surface area contributed by atoms with Crippen LogP contribution in [0.2, 0.25) is 0 Å². The molecule has 0 spiro atoms. The molecule has 1 fully saturated rings. The van der Waals surface area contributed by atoms with Gasteiger partial charge in [-0.1, -0.05) is 103 Å². The van der Waals surface area contributed by atoms with Crippen LogP contribution in [-0.4, -0.2) is 31.5 Å². The zero-order valence-corrected chi connectivity index (χ0v) is 22.6. The number of rotatable bonds is 9. The average molecular weight is 555 g/mol. The van der Waals surface area contributed by atoms with Crippen molar-refractivity contribution in [3.05, 3.63) is 75.7 Å². The summed E-state index contributed by atoms with van der Waals surface area (Å²) >= 11 is 10.5. The summed E-state index contributed by atoms with van der Waals surface area (Å²) in [7, 11) is 0. The van der Waals surface area contributed by atoms with Crippen molar-refractivity contribution in [1.82, 2.24) is 14.7 Å². The van der Waals surface area contributed by atoms with Gasteiger partial charge in [-0.2, -0.15) is 5.10 Å². The number of halogens is 1. The molecule has 1 aliphatic rings. The Labute approximate surface area is 219 Å². The summed E-state index contributed by atoms with van der Waals surface area (Å²) in [4.78, 5) is 15.8. The first kappa shape index (κ1) is 24.9. The van der Waals surface area contributed by atoms with Gasteiger partial charge in [-0.15, -0.1) is 0 Å². The Hall–Kier alpha value is -2.22. The molecule has 4 rings (SSSR count). The number of para-hydroxylation sites is 1. The van der Waals surface area contributed by atoms with Crippen molar-refractivity contribution in [3.63, 3.8) is 0 Å². The molecule has 4 nitrogen and oxygen atoms in total. The van der Waals surface area contributed by atoms with Gasteiger partial charge in [-0.05, 0) is 42.7 Å². The second-order valence-corrected chi connectivity index (χ2v) is 11.0. The Morgan fingerprint density at radius 3 is 2.53 bits per heavy atom. The lowest BCUT2D eigenvalue weighted by molar-refractivity contribution is -0.122. The molecule has 3 aromatic rings. The second kappa shape index (κ2) is 11.5. The number of carbonyl (C=O) groups is 1. The Morgan fingerprint density at radius 1 is 1.12 bits per heavy atom. The minimum atomic E-state index is -0.000772. The van der Waals surface area contributed by atoms with E-state index < -0.39 is 0 Å². The second-order valence-electron chi connectivity index (χ2n) is 8.43. The van der Waals surface area contributed by atoms with E-state index in [9.17, 15) is 4.79 Å². The molecule has 176 valence electrons. The maximum absolute atomic E-state index is 13.3. The Morgan fingerprint density at radius 2 is 1.85 bits per heavy atom. The molecule has 1 atom stereocenters. The highest BCUT2D eigenvalue weighted by Crippen LogP contribution is 2.36. The van der Waals surface area contributed by atoms with Gasteiger partial charge in [0.05, 0.1) is 16.3 Å². The number of thioether (sulfide) groups is 1. The number of benzene rings is 2. The molecule has 1 aromatic heterocycles. The predicted octanol–water partition coefficient (Wildman–Crippen LogP) is 7.72. The average Bonchev–Trinajstić information content (AvgIpc) is 3.39. The fraction of sp³-hybridized carbons (Fsp3) is 0.296. The number of aromatic nitrogens is 2. The Kier molecular flexibility index (Phi) is 8.40. The molecule has 1 unspecified atom stereocenters. The van der Waals surface area contributed by atoms with Gasteiger partial charge in [-0.3, -0.25) is 9.69 Å². The lowest BCUT2D eigenvalue weighted by Crippen LogP contribution is -2.33. The van der Waals surface area contributed by atoms with Crippen LogP contribution in [0.5, 0.6) is 0 Å². The third-order valence-corrected chi connectivity index (χ3v) is 7.93. The van der Waals surface area contributed by atoms with Gasteiger partial charge >= 0.3 is 0 Å². The summed E-state index contributed by atoms with van der Waals surface area (Å²) in [6.07, 6.45) is 8.44. The fourth-order valence-corrected chi connectivity index (χ4v) is 5.54. The van der Waals surface area contributed by atoms with E-state index in [-0.39, 0.29) is 5.91 Å². The first-order chi connectivity index (χ1) is 16.5. The first-order valence-electron chi connectivity index (χ1n) is 11.7. The number of unbranched alkanes of at least 4 members (excludes halogenated alkanes) is 1. The van der Waals surface area contributed by atoms with E-state index in [4.69, 9.17) is 17.3 Å². The highest BCUT2D eigenvalue weighted by Gasteiger charge is 2.33. The molecule has 34 heavy (non-hydrogen) atoms. The topological polar surface area (TPSA) is 38.1 Å². The van der Waals surface area contributed by atoms with Crippen LogP contribution in [0.15, 0.2) is 70.2 Å².